The van der Waals surface area contributed by atoms with Crippen LogP contribution in [0.4, 0.5) is 0 Å². The van der Waals surface area contributed by atoms with Gasteiger partial charge in [0.2, 0.25) is 0 Å². The summed E-state index contributed by atoms with van der Waals surface area (Å²) in [4.78, 5) is 31.6. The van der Waals surface area contributed by atoms with Crippen LogP contribution in [0.25, 0.3) is 22.2 Å². The van der Waals surface area contributed by atoms with Crippen molar-refractivity contribution in [1.82, 2.24) is 15.4 Å². The number of nitrogens with one attached hydrogen (secondary N) is 1. The van der Waals surface area contributed by atoms with E-state index in [0.29, 0.717) is 28.6 Å². The lowest BCUT2D eigenvalue weighted by molar-refractivity contribution is -0.138. The summed E-state index contributed by atoms with van der Waals surface area (Å²) in [6, 6.07) is 10.8. The number of carboxylic acid groups (broad SMARTS) is 1. The number of rotatable bonds is 3. The number of fused-ring (bicyclic) bond motifs is 1. The van der Waals surface area contributed by atoms with E-state index in [4.69, 9.17) is 10.9 Å². The van der Waals surface area contributed by atoms with Crippen molar-refractivity contribution in [3.05, 3.63) is 59.9 Å². The minimum absolute atomic E-state index is 0.0896. The maximum atomic E-state index is 12.2. The van der Waals surface area contributed by atoms with Crippen molar-refractivity contribution in [1.29, 1.82) is 0 Å². The second-order valence-electron chi connectivity index (χ2n) is 6.80. The Hall–Kier alpha value is -4.20. The Kier molecular flexibility index (Phi) is 5.13. The first-order valence-corrected chi connectivity index (χ1v) is 9.17. The molecule has 1 saturated carbocycles. The van der Waals surface area contributed by atoms with Gasteiger partial charge in [-0.05, 0) is 42.5 Å². The van der Waals surface area contributed by atoms with E-state index in [0.717, 1.165) is 11.1 Å². The predicted octanol–water partition coefficient (Wildman–Crippen LogP) is 1.98. The molecule has 2 unspecified atom stereocenters. The molecule has 0 aliphatic heterocycles. The van der Waals surface area contributed by atoms with Gasteiger partial charge in [-0.1, -0.05) is 24.0 Å². The molecule has 1 aliphatic rings. The second kappa shape index (κ2) is 8.04. The fourth-order valence-electron chi connectivity index (χ4n) is 3.07. The van der Waals surface area contributed by atoms with Crippen LogP contribution in [0.1, 0.15) is 22.3 Å². The zero-order valence-electron chi connectivity index (χ0n) is 15.7. The molecule has 1 amide bonds. The number of carbonyl (C=O) groups is 2. The van der Waals surface area contributed by atoms with Crippen molar-refractivity contribution in [2.75, 3.05) is 0 Å². The first-order valence-electron chi connectivity index (χ1n) is 9.17. The largest absolute Gasteiger partial charge is 0.481 e. The lowest BCUT2D eigenvalue weighted by Gasteiger charge is -2.08. The zero-order valence-corrected chi connectivity index (χ0v) is 15.7. The summed E-state index contributed by atoms with van der Waals surface area (Å²) in [5, 5.41) is 9.47. The first kappa shape index (κ1) is 19.1. The molecule has 7 nitrogen and oxygen atoms in total. The lowest BCUT2D eigenvalue weighted by atomic mass is 10.0. The number of nitrogen functional groups attached to an aromatic ring is 1. The van der Waals surface area contributed by atoms with Gasteiger partial charge >= 0.3 is 5.97 Å². The summed E-state index contributed by atoms with van der Waals surface area (Å²) >= 11 is 0. The Morgan fingerprint density at radius 3 is 2.67 bits per heavy atom. The topological polar surface area (TPSA) is 118 Å². The van der Waals surface area contributed by atoms with Crippen LogP contribution in [0.2, 0.25) is 0 Å². The molecule has 7 heteroatoms. The average molecular weight is 396 g/mol. The number of carboxylic acids is 1. The minimum atomic E-state index is -0.802. The number of hydrogen-bond donors (Lipinski definition) is 3. The van der Waals surface area contributed by atoms with E-state index in [1.165, 1.54) is 0 Å². The molecule has 4 rings (SSSR count). The van der Waals surface area contributed by atoms with E-state index in [-0.39, 0.29) is 11.8 Å². The number of pyridine rings is 2. The lowest BCUT2D eigenvalue weighted by Crippen LogP contribution is -2.30. The summed E-state index contributed by atoms with van der Waals surface area (Å²) in [5.41, 5.74) is 5.40. The Bertz CT molecular complexity index is 1280. The molecule has 146 valence electrons. The molecule has 0 radical (unpaired) electrons. The molecule has 2 atom stereocenters. The van der Waals surface area contributed by atoms with E-state index >= 15 is 0 Å². The van der Waals surface area contributed by atoms with E-state index in [1.807, 2.05) is 24.3 Å². The van der Waals surface area contributed by atoms with Gasteiger partial charge < -0.3 is 5.11 Å². The average Bonchev–Trinajstić information content (AvgIpc) is 3.56. The molecule has 2 aromatic heterocycles. The Labute approximate surface area is 172 Å². The highest BCUT2D eigenvalue weighted by Gasteiger charge is 2.42. The molecular weight excluding hydrogens is 380 g/mol. The van der Waals surface area contributed by atoms with E-state index < -0.39 is 11.9 Å². The first-order chi connectivity index (χ1) is 14.6. The van der Waals surface area contributed by atoms with Crippen molar-refractivity contribution in [3.8, 4) is 34.9 Å². The smallest absolute Gasteiger partial charge is 0.307 e. The predicted molar refractivity (Wildman–Crippen MR) is 111 cm³/mol. The molecular formula is C23H16N4O3. The normalized spacial score (nSPS) is 16.6. The molecule has 1 aliphatic carbocycles. The molecule has 4 N–H and O–H groups in total. The van der Waals surface area contributed by atoms with Gasteiger partial charge in [0.1, 0.15) is 0 Å². The van der Waals surface area contributed by atoms with Crippen molar-refractivity contribution >= 4 is 22.8 Å². The van der Waals surface area contributed by atoms with Crippen LogP contribution in [0.5, 0.6) is 0 Å². The number of aromatic nitrogens is 2. The quantitative estimate of drug-likeness (QED) is 0.270. The van der Waals surface area contributed by atoms with E-state index in [1.54, 1.807) is 24.5 Å². The zero-order chi connectivity index (χ0) is 21.1. The summed E-state index contributed by atoms with van der Waals surface area (Å²) in [5.74, 6) is 14.9. The molecule has 0 spiro atoms. The third-order valence-electron chi connectivity index (χ3n) is 4.80. The minimum Gasteiger partial charge on any atom is -0.481 e. The SMILES string of the molecule is NNC(=O)c1cc(-c2ccc(C#CC#CC3CC3C(=O)O)cc2)nc2ccncc12. The number of hydrogen-bond acceptors (Lipinski definition) is 5. The summed E-state index contributed by atoms with van der Waals surface area (Å²) in [6.07, 6.45) is 3.79. The number of nitrogens with two attached hydrogens (primary N) is 1. The molecule has 0 saturated heterocycles. The summed E-state index contributed by atoms with van der Waals surface area (Å²) < 4.78 is 0. The van der Waals surface area contributed by atoms with Gasteiger partial charge in [0.25, 0.3) is 5.91 Å². The van der Waals surface area contributed by atoms with Crippen molar-refractivity contribution in [3.63, 3.8) is 0 Å². The maximum Gasteiger partial charge on any atom is 0.307 e. The molecule has 30 heavy (non-hydrogen) atoms. The van der Waals surface area contributed by atoms with Crippen LogP contribution < -0.4 is 11.3 Å². The summed E-state index contributed by atoms with van der Waals surface area (Å²) in [6.45, 7) is 0. The molecule has 2 heterocycles. The standard InChI is InChI=1S/C23H16N4O3/c24-27-22(28)18-12-21(26-20-9-10-25-13-19(18)20)15-7-5-14(6-8-15)3-1-2-4-16-11-17(16)23(29)30/h5-10,12-13,16-17H,11,24H2,(H,27,28)(H,29,30). The van der Waals surface area contributed by atoms with Crippen LogP contribution in [0.15, 0.2) is 48.8 Å². The van der Waals surface area contributed by atoms with Gasteiger partial charge in [-0.2, -0.15) is 0 Å². The highest BCUT2D eigenvalue weighted by atomic mass is 16.4. The number of carbonyl (C=O) groups excluding carboxylic acids is 1. The van der Waals surface area contributed by atoms with E-state index in [9.17, 15) is 9.59 Å². The van der Waals surface area contributed by atoms with Gasteiger partial charge in [0, 0.05) is 34.8 Å². The van der Waals surface area contributed by atoms with Gasteiger partial charge in [0.15, 0.2) is 0 Å². The number of hydrazine groups is 1. The van der Waals surface area contributed by atoms with Crippen LogP contribution in [-0.2, 0) is 4.79 Å². The Morgan fingerprint density at radius 1 is 1.17 bits per heavy atom. The fourth-order valence-corrected chi connectivity index (χ4v) is 3.07. The van der Waals surface area contributed by atoms with Crippen molar-refractivity contribution < 1.29 is 14.7 Å². The number of amides is 1. The highest BCUT2D eigenvalue weighted by molar-refractivity contribution is 6.06. The molecule has 3 aromatic rings. The van der Waals surface area contributed by atoms with Crippen molar-refractivity contribution in [2.24, 2.45) is 17.7 Å². The Morgan fingerprint density at radius 2 is 1.97 bits per heavy atom. The molecule has 1 aromatic carbocycles. The van der Waals surface area contributed by atoms with Gasteiger partial charge in [-0.3, -0.25) is 20.0 Å². The second-order valence-corrected chi connectivity index (χ2v) is 6.80. The highest BCUT2D eigenvalue weighted by Crippen LogP contribution is 2.37. The number of nitrogens with zero attached hydrogens (tertiary/aromatic N) is 2. The number of benzene rings is 1. The third-order valence-corrected chi connectivity index (χ3v) is 4.80. The van der Waals surface area contributed by atoms with Gasteiger partial charge in [-0.25, -0.2) is 10.8 Å². The Balaban J connectivity index is 1.57. The van der Waals surface area contributed by atoms with Crippen molar-refractivity contribution in [2.45, 2.75) is 6.42 Å². The van der Waals surface area contributed by atoms with Gasteiger partial charge in [0.05, 0.1) is 22.7 Å². The number of aliphatic carboxylic acids is 1. The molecule has 1 fully saturated rings. The van der Waals surface area contributed by atoms with Gasteiger partial charge in [-0.15, -0.1) is 0 Å². The maximum absolute atomic E-state index is 12.2. The monoisotopic (exact) mass is 396 g/mol. The molecule has 0 bridgehead atoms. The van der Waals surface area contributed by atoms with Crippen LogP contribution in [0, 0.1) is 35.5 Å². The summed E-state index contributed by atoms with van der Waals surface area (Å²) in [7, 11) is 0. The van der Waals surface area contributed by atoms with Crippen LogP contribution in [-0.4, -0.2) is 27.0 Å². The van der Waals surface area contributed by atoms with Crippen LogP contribution >= 0.6 is 0 Å². The fraction of sp³-hybridized carbons (Fsp3) is 0.130. The van der Waals surface area contributed by atoms with Crippen LogP contribution in [0.3, 0.4) is 0 Å². The third kappa shape index (κ3) is 3.97. The van der Waals surface area contributed by atoms with E-state index in [2.05, 4.69) is 39.1 Å².